The lowest BCUT2D eigenvalue weighted by atomic mass is 10.0. The van der Waals surface area contributed by atoms with E-state index < -0.39 is 18.2 Å². The van der Waals surface area contributed by atoms with Crippen LogP contribution in [0.5, 0.6) is 0 Å². The molecule has 0 aliphatic carbocycles. The van der Waals surface area contributed by atoms with Gasteiger partial charge in [-0.2, -0.15) is 0 Å². The van der Waals surface area contributed by atoms with Crippen molar-refractivity contribution in [1.29, 1.82) is 0 Å². The molecule has 0 fully saturated rings. The molecule has 4 heteroatoms. The molecule has 0 spiro atoms. The van der Waals surface area contributed by atoms with E-state index in [0.717, 1.165) is 6.42 Å². The number of carbonyl (C=O) groups is 1. The zero-order valence-electron chi connectivity index (χ0n) is 11.3. The van der Waals surface area contributed by atoms with Gasteiger partial charge in [0.05, 0.1) is 24.7 Å². The highest BCUT2D eigenvalue weighted by Crippen LogP contribution is 2.12. The van der Waals surface area contributed by atoms with Crippen molar-refractivity contribution in [3.8, 4) is 0 Å². The quantitative estimate of drug-likeness (QED) is 0.642. The molecule has 2 N–H and O–H groups in total. The van der Waals surface area contributed by atoms with Gasteiger partial charge >= 0.3 is 5.97 Å². The van der Waals surface area contributed by atoms with Crippen LogP contribution < -0.4 is 0 Å². The molecular weight excluding hydrogens is 220 g/mol. The molecule has 0 aromatic heterocycles. The first-order valence-electron chi connectivity index (χ1n) is 6.36. The molecule has 0 aliphatic heterocycles. The highest BCUT2D eigenvalue weighted by atomic mass is 16.5. The standard InChI is InChI=1S/C13H26O4/c1-9(2)5-6-11(14)7-12(15)8-13(16)17-10(3)4/h9-12,14-15H,5-8H2,1-4H3/t11-,12-/m1/s1. The molecule has 0 heterocycles. The van der Waals surface area contributed by atoms with E-state index in [0.29, 0.717) is 12.3 Å². The van der Waals surface area contributed by atoms with Gasteiger partial charge in [0.1, 0.15) is 0 Å². The summed E-state index contributed by atoms with van der Waals surface area (Å²) in [6.45, 7) is 7.70. The number of hydrogen-bond donors (Lipinski definition) is 2. The van der Waals surface area contributed by atoms with Crippen LogP contribution >= 0.6 is 0 Å². The van der Waals surface area contributed by atoms with Gasteiger partial charge in [-0.1, -0.05) is 13.8 Å². The minimum atomic E-state index is -0.816. The number of carbonyl (C=O) groups excluding carboxylic acids is 1. The van der Waals surface area contributed by atoms with E-state index in [1.807, 2.05) is 0 Å². The Morgan fingerprint density at radius 1 is 1.06 bits per heavy atom. The summed E-state index contributed by atoms with van der Waals surface area (Å²) in [6, 6.07) is 0. The molecular formula is C13H26O4. The van der Waals surface area contributed by atoms with E-state index in [2.05, 4.69) is 13.8 Å². The fourth-order valence-corrected chi connectivity index (χ4v) is 1.54. The SMILES string of the molecule is CC(C)CC[C@@H](O)C[C@@H](O)CC(=O)OC(C)C. The van der Waals surface area contributed by atoms with E-state index in [4.69, 9.17) is 4.74 Å². The Hall–Kier alpha value is -0.610. The number of hydrogen-bond acceptors (Lipinski definition) is 4. The molecule has 0 bridgehead atoms. The number of rotatable bonds is 8. The van der Waals surface area contributed by atoms with Crippen LogP contribution in [0.15, 0.2) is 0 Å². The first kappa shape index (κ1) is 16.4. The van der Waals surface area contributed by atoms with Crippen molar-refractivity contribution >= 4 is 5.97 Å². The Morgan fingerprint density at radius 2 is 1.65 bits per heavy atom. The molecule has 0 saturated heterocycles. The van der Waals surface area contributed by atoms with Crippen LogP contribution in [0.4, 0.5) is 0 Å². The van der Waals surface area contributed by atoms with E-state index in [9.17, 15) is 15.0 Å². The van der Waals surface area contributed by atoms with Gasteiger partial charge in [0.2, 0.25) is 0 Å². The highest BCUT2D eigenvalue weighted by molar-refractivity contribution is 5.70. The summed E-state index contributed by atoms with van der Waals surface area (Å²) < 4.78 is 4.92. The van der Waals surface area contributed by atoms with Crippen molar-refractivity contribution in [2.45, 2.75) is 71.7 Å². The number of esters is 1. The van der Waals surface area contributed by atoms with E-state index in [-0.39, 0.29) is 18.9 Å². The monoisotopic (exact) mass is 246 g/mol. The van der Waals surface area contributed by atoms with Gasteiger partial charge in [-0.3, -0.25) is 4.79 Å². The zero-order chi connectivity index (χ0) is 13.4. The lowest BCUT2D eigenvalue weighted by Crippen LogP contribution is -2.23. The van der Waals surface area contributed by atoms with E-state index in [1.54, 1.807) is 13.8 Å². The summed E-state index contributed by atoms with van der Waals surface area (Å²) in [5.74, 6) is 0.122. The van der Waals surface area contributed by atoms with Crippen molar-refractivity contribution in [1.82, 2.24) is 0 Å². The summed E-state index contributed by atoms with van der Waals surface area (Å²) in [5, 5.41) is 19.3. The number of aliphatic hydroxyl groups excluding tert-OH is 2. The van der Waals surface area contributed by atoms with Crippen molar-refractivity contribution in [2.24, 2.45) is 5.92 Å². The number of ether oxygens (including phenoxy) is 1. The van der Waals surface area contributed by atoms with Crippen molar-refractivity contribution in [3.05, 3.63) is 0 Å². The molecule has 0 rings (SSSR count). The Kier molecular flexibility index (Phi) is 8.17. The Morgan fingerprint density at radius 3 is 2.12 bits per heavy atom. The molecule has 4 nitrogen and oxygen atoms in total. The molecule has 17 heavy (non-hydrogen) atoms. The van der Waals surface area contributed by atoms with Crippen molar-refractivity contribution in [2.75, 3.05) is 0 Å². The van der Waals surface area contributed by atoms with Gasteiger partial charge in [-0.05, 0) is 39.0 Å². The molecule has 0 radical (unpaired) electrons. The minimum absolute atomic E-state index is 0.0447. The number of aliphatic hydroxyl groups is 2. The Bertz CT molecular complexity index is 213. The summed E-state index contributed by atoms with van der Waals surface area (Å²) >= 11 is 0. The third kappa shape index (κ3) is 10.3. The maximum absolute atomic E-state index is 11.2. The van der Waals surface area contributed by atoms with Crippen LogP contribution in [0.25, 0.3) is 0 Å². The fourth-order valence-electron chi connectivity index (χ4n) is 1.54. The largest absolute Gasteiger partial charge is 0.463 e. The first-order valence-corrected chi connectivity index (χ1v) is 6.36. The minimum Gasteiger partial charge on any atom is -0.463 e. The molecule has 0 aromatic carbocycles. The van der Waals surface area contributed by atoms with Gasteiger partial charge in [-0.15, -0.1) is 0 Å². The van der Waals surface area contributed by atoms with Crippen LogP contribution in [0, 0.1) is 5.92 Å². The third-order valence-corrected chi connectivity index (χ3v) is 2.39. The lowest BCUT2D eigenvalue weighted by Gasteiger charge is -2.16. The lowest BCUT2D eigenvalue weighted by molar-refractivity contribution is -0.149. The van der Waals surface area contributed by atoms with Crippen LogP contribution in [-0.4, -0.2) is 34.5 Å². The van der Waals surface area contributed by atoms with Crippen molar-refractivity contribution in [3.63, 3.8) is 0 Å². The first-order chi connectivity index (χ1) is 7.81. The molecule has 0 amide bonds. The molecule has 0 saturated carbocycles. The predicted octanol–water partition coefficient (Wildman–Crippen LogP) is 1.88. The average molecular weight is 246 g/mol. The van der Waals surface area contributed by atoms with Crippen LogP contribution in [0.2, 0.25) is 0 Å². The van der Waals surface area contributed by atoms with Crippen LogP contribution in [0.1, 0.15) is 53.4 Å². The summed E-state index contributed by atoms with van der Waals surface area (Å²) in [4.78, 5) is 11.2. The predicted molar refractivity (Wildman–Crippen MR) is 66.5 cm³/mol. The van der Waals surface area contributed by atoms with Gasteiger partial charge in [-0.25, -0.2) is 0 Å². The Balaban J connectivity index is 3.76. The Labute approximate surface area is 104 Å². The van der Waals surface area contributed by atoms with E-state index in [1.165, 1.54) is 0 Å². The summed E-state index contributed by atoms with van der Waals surface area (Å²) in [6.07, 6.45) is 0.248. The molecule has 102 valence electrons. The second-order valence-corrected chi connectivity index (χ2v) is 5.26. The van der Waals surface area contributed by atoms with Gasteiger partial charge in [0.15, 0.2) is 0 Å². The van der Waals surface area contributed by atoms with Gasteiger partial charge in [0.25, 0.3) is 0 Å². The van der Waals surface area contributed by atoms with Gasteiger partial charge < -0.3 is 14.9 Å². The van der Waals surface area contributed by atoms with E-state index >= 15 is 0 Å². The molecule has 0 unspecified atom stereocenters. The molecule has 2 atom stereocenters. The smallest absolute Gasteiger partial charge is 0.308 e. The maximum atomic E-state index is 11.2. The summed E-state index contributed by atoms with van der Waals surface area (Å²) in [5.41, 5.74) is 0. The highest BCUT2D eigenvalue weighted by Gasteiger charge is 2.17. The topological polar surface area (TPSA) is 66.8 Å². The normalized spacial score (nSPS) is 15.1. The summed E-state index contributed by atoms with van der Waals surface area (Å²) in [7, 11) is 0. The van der Waals surface area contributed by atoms with Crippen LogP contribution in [-0.2, 0) is 9.53 Å². The van der Waals surface area contributed by atoms with Crippen molar-refractivity contribution < 1.29 is 19.7 Å². The van der Waals surface area contributed by atoms with Crippen LogP contribution in [0.3, 0.4) is 0 Å². The second kappa shape index (κ2) is 8.48. The van der Waals surface area contributed by atoms with Gasteiger partial charge in [0, 0.05) is 0 Å². The third-order valence-electron chi connectivity index (χ3n) is 2.39. The molecule has 0 aromatic rings. The molecule has 0 aliphatic rings. The fraction of sp³-hybridized carbons (Fsp3) is 0.923. The zero-order valence-corrected chi connectivity index (χ0v) is 11.3. The second-order valence-electron chi connectivity index (χ2n) is 5.26. The maximum Gasteiger partial charge on any atom is 0.308 e. The average Bonchev–Trinajstić information content (AvgIpc) is 2.12.